The van der Waals surface area contributed by atoms with E-state index in [1.54, 1.807) is 6.08 Å². The molecular weight excluding hydrogens is 747 g/mol. The van der Waals surface area contributed by atoms with Gasteiger partial charge in [0, 0.05) is 53.2 Å². The lowest BCUT2D eigenvalue weighted by Crippen LogP contribution is -2.85. The molecule has 1 heterocycles. The highest BCUT2D eigenvalue weighted by atomic mass is 16.5. The van der Waals surface area contributed by atoms with E-state index in [4.69, 9.17) is 4.74 Å². The van der Waals surface area contributed by atoms with E-state index < -0.39 is 69.7 Å². The molecule has 10 nitrogen and oxygen atoms in total. The highest BCUT2D eigenvalue weighted by Gasteiger charge is 2.85. The maximum Gasteiger partial charge on any atom is 0.331 e. The number of hydrogen-bond donors (Lipinski definition) is 7. The van der Waals surface area contributed by atoms with Gasteiger partial charge in [-0.1, -0.05) is 56.6 Å². The van der Waals surface area contributed by atoms with Crippen LogP contribution in [0.1, 0.15) is 120 Å². The summed E-state index contributed by atoms with van der Waals surface area (Å²) in [5.74, 6) is 4.11. The summed E-state index contributed by atoms with van der Waals surface area (Å²) in [6.45, 7) is 2.16. The number of aldehydes is 1. The van der Waals surface area contributed by atoms with Gasteiger partial charge in [0.2, 0.25) is 0 Å². The second kappa shape index (κ2) is 14.2. The van der Waals surface area contributed by atoms with E-state index in [-0.39, 0.29) is 55.6 Å². The molecule has 4 bridgehead atoms. The van der Waals surface area contributed by atoms with E-state index >= 15 is 0 Å². The van der Waals surface area contributed by atoms with Crippen LogP contribution in [0.5, 0.6) is 0 Å². The molecule has 1 aliphatic heterocycles. The summed E-state index contributed by atoms with van der Waals surface area (Å²) in [7, 11) is 1.90. The van der Waals surface area contributed by atoms with Crippen molar-refractivity contribution in [2.75, 3.05) is 7.05 Å². The molecule has 17 atom stereocenters. The van der Waals surface area contributed by atoms with Gasteiger partial charge in [-0.3, -0.25) is 0 Å². The average Bonchev–Trinajstić information content (AvgIpc) is 3.93. The van der Waals surface area contributed by atoms with E-state index in [9.17, 15) is 40.2 Å². The minimum absolute atomic E-state index is 0.111. The number of carbonyl (C=O) groups excluding carboxylic acids is 2. The summed E-state index contributed by atoms with van der Waals surface area (Å²) in [6, 6.07) is 5.62. The Kier molecular flexibility index (Phi) is 9.74. The van der Waals surface area contributed by atoms with Crippen LogP contribution in [0.3, 0.4) is 0 Å². The maximum atomic E-state index is 14.1. The van der Waals surface area contributed by atoms with Crippen LogP contribution in [0.2, 0.25) is 0 Å². The first-order valence-corrected chi connectivity index (χ1v) is 23.1. The molecule has 1 aromatic carbocycles. The van der Waals surface area contributed by atoms with E-state index in [1.807, 2.05) is 25.2 Å². The van der Waals surface area contributed by atoms with Gasteiger partial charge in [-0.05, 0) is 130 Å². The van der Waals surface area contributed by atoms with Gasteiger partial charge in [0.15, 0.2) is 0 Å². The SMILES string of the molecule is CN[C@@H]1Cc2c(cccc2CO)C#CCC[C@]23CC[C@H]4[C@@](O)([C@@H](O)[C@@H]5C[C@@H]([C@@H](C)C6CCCC6)CC[C@H]6[C@@H](O)CC[C@@]4(C=O)[C@@]65O)[C@@]2(O)C[C@@H]2C[C@@H]1[C@H]1OC(=O)C=C1[C@@H]23. The van der Waals surface area contributed by atoms with E-state index in [1.165, 1.54) is 12.8 Å². The molecule has 1 aromatic rings. The molecule has 11 rings (SSSR count). The third-order valence-electron chi connectivity index (χ3n) is 19.5. The van der Waals surface area contributed by atoms with Gasteiger partial charge in [-0.15, -0.1) is 0 Å². The molecule has 9 aliphatic carbocycles. The Morgan fingerprint density at radius 3 is 2.51 bits per heavy atom. The second-order valence-electron chi connectivity index (χ2n) is 21.0. The lowest BCUT2D eigenvalue weighted by atomic mass is 9.35. The topological polar surface area (TPSA) is 177 Å². The van der Waals surface area contributed by atoms with Crippen molar-refractivity contribution in [2.45, 2.75) is 157 Å². The third-order valence-corrected chi connectivity index (χ3v) is 19.5. The minimum atomic E-state index is -2.18. The Balaban J connectivity index is 1.14. The Hall–Kier alpha value is -2.62. The predicted molar refractivity (Wildman–Crippen MR) is 218 cm³/mol. The van der Waals surface area contributed by atoms with Gasteiger partial charge >= 0.3 is 5.97 Å². The molecule has 0 aromatic heterocycles. The van der Waals surface area contributed by atoms with Crippen molar-refractivity contribution in [3.8, 4) is 11.8 Å². The highest BCUT2D eigenvalue weighted by molar-refractivity contribution is 5.86. The van der Waals surface area contributed by atoms with Crippen LogP contribution in [0.15, 0.2) is 29.8 Å². The van der Waals surface area contributed by atoms with Gasteiger partial charge < -0.3 is 45.5 Å². The summed E-state index contributed by atoms with van der Waals surface area (Å²) in [5, 5.41) is 80.6. The fourth-order valence-corrected chi connectivity index (χ4v) is 17.0. The average molecular weight is 812 g/mol. The standard InChI is InChI=1S/C49H65NO9/c1-27(28-8-3-4-9-28)30-13-14-36-39(53)15-18-46(26-52)40-16-19-45-17-6-5-10-29-11-7-12-31(25-51)33(29)22-38(50-2)34-20-32(42(45)35-23-41(54)59-43(34)35)24-47(45,56)49(40,58)44(55)37(21-30)48(36,46)57/h7,11-12,23,26-28,30,32,34,36-40,42-44,50-51,53,55-58H,3-4,6,8-9,13-22,24-25H2,1-2H3/t27-,30-,32-,34-,36-,37-,38+,39-,40+,42+,43+,44-,45+,46-,47+,48+,49+/m0/s1. The maximum absolute atomic E-state index is 14.1. The molecule has 59 heavy (non-hydrogen) atoms. The lowest BCUT2D eigenvalue weighted by molar-refractivity contribution is -0.375. The third kappa shape index (κ3) is 5.19. The zero-order valence-electron chi connectivity index (χ0n) is 34.8. The Bertz CT molecular complexity index is 1970. The number of aliphatic hydroxyl groups is 6. The number of esters is 1. The Labute approximate surface area is 348 Å². The molecule has 10 aliphatic rings. The van der Waals surface area contributed by atoms with Crippen molar-refractivity contribution in [1.82, 2.24) is 5.32 Å². The number of benzene rings is 1. The second-order valence-corrected chi connectivity index (χ2v) is 21.0. The number of likely N-dealkylation sites (N-methyl/N-ethyl adjacent to an activating group) is 1. The predicted octanol–water partition coefficient (Wildman–Crippen LogP) is 4.13. The number of carbonyl (C=O) groups is 2. The highest BCUT2D eigenvalue weighted by Crippen LogP contribution is 2.77. The van der Waals surface area contributed by atoms with Gasteiger partial charge in [0.1, 0.15) is 23.6 Å². The zero-order valence-corrected chi connectivity index (χ0v) is 34.8. The molecule has 320 valence electrons. The molecule has 0 saturated heterocycles. The van der Waals surface area contributed by atoms with Crippen molar-refractivity contribution >= 4 is 12.3 Å². The number of nitrogens with one attached hydrogen (secondary N) is 1. The quantitative estimate of drug-likeness (QED) is 0.130. The van der Waals surface area contributed by atoms with Gasteiger partial charge in [0.05, 0.1) is 29.8 Å². The Morgan fingerprint density at radius 1 is 0.966 bits per heavy atom. The monoisotopic (exact) mass is 811 g/mol. The fraction of sp³-hybridized carbons (Fsp3) is 0.755. The molecule has 0 radical (unpaired) electrons. The van der Waals surface area contributed by atoms with Crippen LogP contribution in [0.4, 0.5) is 0 Å². The molecule has 7 saturated carbocycles. The van der Waals surface area contributed by atoms with Crippen molar-refractivity contribution in [2.24, 2.45) is 64.1 Å². The van der Waals surface area contributed by atoms with E-state index in [2.05, 4.69) is 24.1 Å². The first kappa shape index (κ1) is 40.5. The zero-order chi connectivity index (χ0) is 41.3. The molecule has 7 N–H and O–H groups in total. The number of rotatable bonds is 5. The number of hydrogen-bond acceptors (Lipinski definition) is 10. The van der Waals surface area contributed by atoms with Crippen molar-refractivity contribution in [3.05, 3.63) is 46.5 Å². The summed E-state index contributed by atoms with van der Waals surface area (Å²) in [5.41, 5.74) is -4.94. The van der Waals surface area contributed by atoms with E-state index in [0.717, 1.165) is 47.8 Å². The molecule has 10 heteroatoms. The molecule has 7 fully saturated rings. The normalized spacial score (nSPS) is 49.1. The summed E-state index contributed by atoms with van der Waals surface area (Å²) >= 11 is 0. The van der Waals surface area contributed by atoms with Crippen LogP contribution in [-0.4, -0.2) is 91.1 Å². The lowest BCUT2D eigenvalue weighted by Gasteiger charge is -2.73. The molecular formula is C49H65NO9. The van der Waals surface area contributed by atoms with E-state index in [0.29, 0.717) is 63.2 Å². The van der Waals surface area contributed by atoms with Crippen molar-refractivity contribution in [1.29, 1.82) is 0 Å². The molecule has 1 spiro atoms. The van der Waals surface area contributed by atoms with Crippen LogP contribution >= 0.6 is 0 Å². The molecule has 0 unspecified atom stereocenters. The van der Waals surface area contributed by atoms with Crippen molar-refractivity contribution < 1.29 is 45.0 Å². The number of fused-ring (bicyclic) bond motifs is 6. The summed E-state index contributed by atoms with van der Waals surface area (Å²) in [6.07, 6.45) is 9.11. The van der Waals surface area contributed by atoms with Gasteiger partial charge in [-0.2, -0.15) is 0 Å². The number of aliphatic hydroxyl groups excluding tert-OH is 3. The number of ether oxygens (including phenoxy) is 1. The van der Waals surface area contributed by atoms with Crippen LogP contribution < -0.4 is 5.32 Å². The van der Waals surface area contributed by atoms with Crippen LogP contribution in [0, 0.1) is 75.9 Å². The Morgan fingerprint density at radius 2 is 1.76 bits per heavy atom. The summed E-state index contributed by atoms with van der Waals surface area (Å²) < 4.78 is 6.22. The van der Waals surface area contributed by atoms with Crippen LogP contribution in [0.25, 0.3) is 0 Å². The first-order valence-electron chi connectivity index (χ1n) is 23.1. The fourth-order valence-electron chi connectivity index (χ4n) is 17.0. The summed E-state index contributed by atoms with van der Waals surface area (Å²) in [4.78, 5) is 27.6. The largest absolute Gasteiger partial charge is 0.454 e. The smallest absolute Gasteiger partial charge is 0.331 e. The van der Waals surface area contributed by atoms with Gasteiger partial charge in [0.25, 0.3) is 0 Å². The first-order chi connectivity index (χ1) is 28.3. The van der Waals surface area contributed by atoms with Crippen LogP contribution in [-0.2, 0) is 27.4 Å². The van der Waals surface area contributed by atoms with Gasteiger partial charge in [-0.25, -0.2) is 4.79 Å². The molecule has 0 amide bonds. The minimum Gasteiger partial charge on any atom is -0.454 e. The van der Waals surface area contributed by atoms with Crippen molar-refractivity contribution in [3.63, 3.8) is 0 Å².